The van der Waals surface area contributed by atoms with E-state index in [0.29, 0.717) is 67.2 Å². The monoisotopic (exact) mass is 802 g/mol. The normalized spacial score (nSPS) is 11.6. The second-order valence-electron chi connectivity index (χ2n) is 14.0. The van der Waals surface area contributed by atoms with Gasteiger partial charge in [-0.1, -0.05) is 45.0 Å². The Kier molecular flexibility index (Phi) is 14.6. The zero-order chi connectivity index (χ0) is 41.0. The topological polar surface area (TPSA) is 176 Å². The quantitative estimate of drug-likeness (QED) is 0.0615. The van der Waals surface area contributed by atoms with Crippen LogP contribution in [0.3, 0.4) is 0 Å². The highest BCUT2D eigenvalue weighted by atomic mass is 32.2. The summed E-state index contributed by atoms with van der Waals surface area (Å²) in [4.78, 5) is 18.1. The number of sulfonamides is 1. The van der Waals surface area contributed by atoms with Crippen LogP contribution in [0.1, 0.15) is 37.6 Å². The van der Waals surface area contributed by atoms with Crippen molar-refractivity contribution in [3.63, 3.8) is 0 Å². The van der Waals surface area contributed by atoms with Crippen LogP contribution in [0.2, 0.25) is 0 Å². The molecule has 5 aromatic rings. The van der Waals surface area contributed by atoms with Crippen LogP contribution < -0.4 is 34.3 Å². The van der Waals surface area contributed by atoms with Gasteiger partial charge in [-0.3, -0.25) is 9.71 Å². The molecule has 1 aromatic heterocycles. The molecule has 0 saturated heterocycles. The average molecular weight is 803 g/mol. The number of nitrogens with one attached hydrogen (secondary N) is 3. The van der Waals surface area contributed by atoms with Crippen LogP contribution in [0, 0.1) is 0 Å². The van der Waals surface area contributed by atoms with E-state index in [4.69, 9.17) is 33.5 Å². The van der Waals surface area contributed by atoms with Gasteiger partial charge in [0.1, 0.15) is 29.6 Å². The van der Waals surface area contributed by atoms with E-state index in [-0.39, 0.29) is 30.1 Å². The molecule has 2 amide bonds. The van der Waals surface area contributed by atoms with E-state index in [2.05, 4.69) is 20.3 Å². The van der Waals surface area contributed by atoms with Crippen molar-refractivity contribution in [1.29, 1.82) is 0 Å². The highest BCUT2D eigenvalue weighted by Crippen LogP contribution is 2.40. The lowest BCUT2D eigenvalue weighted by molar-refractivity contribution is 0.0247. The Labute approximate surface area is 333 Å². The first-order valence-corrected chi connectivity index (χ1v) is 20.2. The molecule has 5 rings (SSSR count). The van der Waals surface area contributed by atoms with E-state index in [9.17, 15) is 13.2 Å². The number of aliphatic hydroxyl groups is 1. The Morgan fingerprint density at radius 2 is 1.44 bits per heavy atom. The lowest BCUT2D eigenvalue weighted by Crippen LogP contribution is -2.22. The molecule has 4 aromatic carbocycles. The van der Waals surface area contributed by atoms with Gasteiger partial charge < -0.3 is 44.2 Å². The first kappa shape index (κ1) is 42.5. The van der Waals surface area contributed by atoms with Gasteiger partial charge in [0.05, 0.1) is 70.6 Å². The van der Waals surface area contributed by atoms with Gasteiger partial charge in [0.2, 0.25) is 10.0 Å². The van der Waals surface area contributed by atoms with Crippen LogP contribution in [0.25, 0.3) is 10.8 Å². The van der Waals surface area contributed by atoms with Crippen molar-refractivity contribution in [2.45, 2.75) is 32.6 Å². The Hall–Kier alpha value is -5.61. The number of ether oxygens (including phenoxy) is 6. The van der Waals surface area contributed by atoms with E-state index < -0.39 is 16.1 Å². The number of nitrogens with zero attached hydrogens (tertiary/aromatic N) is 1. The van der Waals surface area contributed by atoms with E-state index in [0.717, 1.165) is 33.8 Å². The summed E-state index contributed by atoms with van der Waals surface area (Å²) < 4.78 is 61.0. The minimum atomic E-state index is -3.64. The maximum Gasteiger partial charge on any atom is 0.323 e. The number of pyridine rings is 1. The van der Waals surface area contributed by atoms with Crippen LogP contribution >= 0.6 is 0 Å². The van der Waals surface area contributed by atoms with Gasteiger partial charge in [-0.05, 0) is 59.0 Å². The highest BCUT2D eigenvalue weighted by Gasteiger charge is 2.22. The number of hydrogen-bond donors (Lipinski definition) is 4. The minimum Gasteiger partial charge on any atom is -0.497 e. The van der Waals surface area contributed by atoms with Gasteiger partial charge in [0.25, 0.3) is 0 Å². The number of carbonyl (C=O) groups excluding carboxylic acids is 1. The molecule has 0 aliphatic carbocycles. The van der Waals surface area contributed by atoms with E-state index in [1.165, 1.54) is 7.11 Å². The standard InChI is InChI=1S/C42H50N4O10S/c1-42(2,3)29-24-37(40(52-5)38(25-29)46-57(6,49)50)45-41(48)44-36-11-12-39(35-10-8-7-9-34(35)36)56-31-13-14-43-30(26-31)21-28-22-32(51-4)27-33(23-28)55-20-19-54-18-17-53-16-15-47/h7-14,22-27,46-47H,15-21H2,1-6H3,(H2,44,45,48). The third-order valence-electron chi connectivity index (χ3n) is 8.52. The zero-order valence-corrected chi connectivity index (χ0v) is 33.8. The molecule has 4 N–H and O–H groups in total. The molecule has 0 radical (unpaired) electrons. The van der Waals surface area contributed by atoms with Gasteiger partial charge >= 0.3 is 6.03 Å². The molecular weight excluding hydrogens is 753 g/mol. The first-order chi connectivity index (χ1) is 27.3. The molecule has 304 valence electrons. The maximum absolute atomic E-state index is 13.5. The Morgan fingerprint density at radius 3 is 2.14 bits per heavy atom. The number of aromatic nitrogens is 1. The number of benzene rings is 4. The summed E-state index contributed by atoms with van der Waals surface area (Å²) in [5, 5.41) is 16.1. The van der Waals surface area contributed by atoms with Crippen molar-refractivity contribution in [2.24, 2.45) is 0 Å². The number of aliphatic hydroxyl groups excluding tert-OH is 1. The van der Waals surface area contributed by atoms with Gasteiger partial charge in [0, 0.05) is 41.2 Å². The third-order valence-corrected chi connectivity index (χ3v) is 9.11. The van der Waals surface area contributed by atoms with Gasteiger partial charge in [-0.2, -0.15) is 0 Å². The predicted molar refractivity (Wildman–Crippen MR) is 221 cm³/mol. The molecule has 0 atom stereocenters. The van der Waals surface area contributed by atoms with E-state index in [1.54, 1.807) is 43.6 Å². The van der Waals surface area contributed by atoms with Crippen LogP contribution in [-0.2, 0) is 31.3 Å². The fraction of sp³-hybridized carbons (Fsp3) is 0.333. The number of urea groups is 1. The predicted octanol–water partition coefficient (Wildman–Crippen LogP) is 7.35. The summed E-state index contributed by atoms with van der Waals surface area (Å²) in [5.74, 6) is 2.61. The molecule has 0 aliphatic heterocycles. The number of methoxy groups -OCH3 is 2. The Morgan fingerprint density at radius 1 is 0.754 bits per heavy atom. The van der Waals surface area contributed by atoms with Gasteiger partial charge in [-0.25, -0.2) is 13.2 Å². The smallest absolute Gasteiger partial charge is 0.323 e. The van der Waals surface area contributed by atoms with Crippen LogP contribution in [-0.4, -0.2) is 84.7 Å². The molecular formula is C42H50N4O10S. The van der Waals surface area contributed by atoms with Gasteiger partial charge in [-0.15, -0.1) is 0 Å². The summed E-state index contributed by atoms with van der Waals surface area (Å²) in [6, 6.07) is 23.3. The number of hydrogen-bond acceptors (Lipinski definition) is 11. The average Bonchev–Trinajstić information content (AvgIpc) is 3.16. The molecule has 14 nitrogen and oxygen atoms in total. The van der Waals surface area contributed by atoms with Crippen molar-refractivity contribution in [3.05, 3.63) is 102 Å². The molecule has 0 bridgehead atoms. The molecule has 1 heterocycles. The van der Waals surface area contributed by atoms with E-state index >= 15 is 0 Å². The number of amides is 2. The highest BCUT2D eigenvalue weighted by molar-refractivity contribution is 7.92. The molecule has 15 heteroatoms. The van der Waals surface area contributed by atoms with Gasteiger partial charge in [0.15, 0.2) is 5.75 Å². The summed E-state index contributed by atoms with van der Waals surface area (Å²) in [5.41, 5.74) is 3.15. The zero-order valence-electron chi connectivity index (χ0n) is 33.0. The SMILES string of the molecule is COc1cc(Cc2cc(Oc3ccc(NC(=O)Nc4cc(C(C)(C)C)cc(NS(C)(=O)=O)c4OC)c4ccccc34)ccn2)cc(OCCOCCOCCO)c1. The summed E-state index contributed by atoms with van der Waals surface area (Å²) >= 11 is 0. The molecule has 0 saturated carbocycles. The third kappa shape index (κ3) is 12.4. The number of fused-ring (bicyclic) bond motifs is 1. The van der Waals surface area contributed by atoms with Crippen LogP contribution in [0.15, 0.2) is 85.1 Å². The van der Waals surface area contributed by atoms with Crippen molar-refractivity contribution in [2.75, 3.05) is 75.5 Å². The fourth-order valence-electron chi connectivity index (χ4n) is 5.89. The van der Waals surface area contributed by atoms with Crippen molar-refractivity contribution >= 4 is 43.9 Å². The second kappa shape index (κ2) is 19.5. The Bertz CT molecular complexity index is 2260. The largest absolute Gasteiger partial charge is 0.497 e. The second-order valence-corrected chi connectivity index (χ2v) is 15.8. The minimum absolute atomic E-state index is 0.0212. The summed E-state index contributed by atoms with van der Waals surface area (Å²) in [6.45, 7) is 7.75. The van der Waals surface area contributed by atoms with Crippen molar-refractivity contribution in [3.8, 4) is 28.7 Å². The maximum atomic E-state index is 13.5. The molecule has 0 fully saturated rings. The first-order valence-electron chi connectivity index (χ1n) is 18.3. The summed E-state index contributed by atoms with van der Waals surface area (Å²) in [7, 11) is -0.631. The number of anilines is 3. The van der Waals surface area contributed by atoms with Crippen LogP contribution in [0.5, 0.6) is 28.7 Å². The van der Waals surface area contributed by atoms with Crippen molar-refractivity contribution in [1.82, 2.24) is 4.98 Å². The van der Waals surface area contributed by atoms with Crippen molar-refractivity contribution < 1.29 is 46.7 Å². The Balaban J connectivity index is 1.29. The van der Waals surface area contributed by atoms with Crippen LogP contribution in [0.4, 0.5) is 21.9 Å². The lowest BCUT2D eigenvalue weighted by atomic mass is 9.86. The molecule has 0 aliphatic rings. The summed E-state index contributed by atoms with van der Waals surface area (Å²) in [6.07, 6.45) is 3.22. The molecule has 57 heavy (non-hydrogen) atoms. The van der Waals surface area contributed by atoms with E-state index in [1.807, 2.05) is 69.3 Å². The molecule has 0 unspecified atom stereocenters. The molecule has 0 spiro atoms. The fourth-order valence-corrected chi connectivity index (χ4v) is 6.44. The number of carbonyl (C=O) groups is 1. The number of rotatable bonds is 19. The lowest BCUT2D eigenvalue weighted by Gasteiger charge is -2.24.